The van der Waals surface area contributed by atoms with Gasteiger partial charge in [-0.2, -0.15) is 0 Å². The summed E-state index contributed by atoms with van der Waals surface area (Å²) < 4.78 is 8.43. The molecule has 2 aromatic carbocycles. The summed E-state index contributed by atoms with van der Waals surface area (Å²) in [7, 11) is -1.06. The average Bonchev–Trinajstić information content (AvgIpc) is 2.89. The van der Waals surface area contributed by atoms with Crippen LogP contribution < -0.4 is 0 Å². The van der Waals surface area contributed by atoms with Crippen LogP contribution in [0.1, 0.15) is 11.1 Å². The highest BCUT2D eigenvalue weighted by Gasteiger charge is 2.15. The molecule has 0 N–H and O–H groups in total. The first-order chi connectivity index (χ1) is 11.9. The van der Waals surface area contributed by atoms with Crippen molar-refractivity contribution in [2.45, 2.75) is 46.3 Å². The van der Waals surface area contributed by atoms with Crippen molar-refractivity contribution >= 4 is 19.0 Å². The maximum Gasteiger partial charge on any atom is 0.123 e. The van der Waals surface area contributed by atoms with E-state index in [2.05, 4.69) is 86.6 Å². The second-order valence-electron chi connectivity index (χ2n) is 8.13. The van der Waals surface area contributed by atoms with E-state index >= 15 is 0 Å². The Balaban J connectivity index is 1.98. The topological polar surface area (TPSA) is 14.2 Å². The molecule has 2 nitrogen and oxygen atoms in total. The maximum absolute atomic E-state index is 6.10. The van der Waals surface area contributed by atoms with E-state index in [9.17, 15) is 0 Å². The van der Waals surface area contributed by atoms with Gasteiger partial charge in [-0.1, -0.05) is 56.0 Å². The molecule has 3 aromatic rings. The Kier molecular flexibility index (Phi) is 5.16. The fourth-order valence-corrected chi connectivity index (χ4v) is 4.07. The van der Waals surface area contributed by atoms with Gasteiger partial charge in [0.1, 0.15) is 6.73 Å². The highest BCUT2D eigenvalue weighted by Crippen LogP contribution is 2.32. The van der Waals surface area contributed by atoms with Gasteiger partial charge in [0.25, 0.3) is 0 Å². The van der Waals surface area contributed by atoms with Crippen molar-refractivity contribution in [3.05, 3.63) is 59.7 Å². The van der Waals surface area contributed by atoms with E-state index in [-0.39, 0.29) is 0 Å². The molecule has 0 spiro atoms. The normalized spacial score (nSPS) is 12.0. The van der Waals surface area contributed by atoms with Crippen molar-refractivity contribution in [3.8, 4) is 11.3 Å². The van der Waals surface area contributed by atoms with E-state index in [0.29, 0.717) is 6.73 Å². The molecule has 0 atom stereocenters. The van der Waals surface area contributed by atoms with Crippen LogP contribution in [0.3, 0.4) is 0 Å². The van der Waals surface area contributed by atoms with E-state index in [1.54, 1.807) is 0 Å². The van der Waals surface area contributed by atoms with Gasteiger partial charge in [0, 0.05) is 25.6 Å². The summed E-state index contributed by atoms with van der Waals surface area (Å²) in [5.74, 6) is 0. The minimum atomic E-state index is -1.06. The first-order valence-corrected chi connectivity index (χ1v) is 12.8. The predicted octanol–water partition coefficient (Wildman–Crippen LogP) is 6.24. The van der Waals surface area contributed by atoms with Crippen molar-refractivity contribution in [1.82, 2.24) is 4.57 Å². The summed E-state index contributed by atoms with van der Waals surface area (Å²) in [5.41, 5.74) is 6.45. The number of hydrogen-bond acceptors (Lipinski definition) is 1. The summed E-state index contributed by atoms with van der Waals surface area (Å²) in [6, 6.07) is 18.6. The Morgan fingerprint density at radius 3 is 2.28 bits per heavy atom. The fourth-order valence-electron chi connectivity index (χ4n) is 3.31. The number of benzene rings is 2. The Hall–Kier alpha value is -1.84. The fraction of sp³-hybridized carbons (Fsp3) is 0.364. The molecule has 0 saturated heterocycles. The molecule has 0 aliphatic carbocycles. The molecule has 25 heavy (non-hydrogen) atoms. The Morgan fingerprint density at radius 2 is 1.60 bits per heavy atom. The lowest BCUT2D eigenvalue weighted by Gasteiger charge is -2.18. The largest absolute Gasteiger partial charge is 0.361 e. The zero-order chi connectivity index (χ0) is 18.0. The summed E-state index contributed by atoms with van der Waals surface area (Å²) in [6.45, 7) is 13.0. The number of hydrogen-bond donors (Lipinski definition) is 0. The molecule has 132 valence electrons. The average molecular weight is 352 g/mol. The van der Waals surface area contributed by atoms with Crippen molar-refractivity contribution in [2.24, 2.45) is 0 Å². The van der Waals surface area contributed by atoms with E-state index in [0.717, 1.165) is 6.61 Å². The molecule has 0 bridgehead atoms. The smallest absolute Gasteiger partial charge is 0.123 e. The third-order valence-corrected chi connectivity index (χ3v) is 6.47. The van der Waals surface area contributed by atoms with Crippen molar-refractivity contribution in [1.29, 1.82) is 0 Å². The lowest BCUT2D eigenvalue weighted by Crippen LogP contribution is -2.22. The molecule has 0 amide bonds. The van der Waals surface area contributed by atoms with Gasteiger partial charge >= 0.3 is 0 Å². The Bertz CT molecular complexity index is 853. The van der Waals surface area contributed by atoms with Crippen LogP contribution in [0.4, 0.5) is 0 Å². The summed E-state index contributed by atoms with van der Waals surface area (Å²) in [5, 5.41) is 1.27. The van der Waals surface area contributed by atoms with E-state index in [4.69, 9.17) is 4.74 Å². The zero-order valence-corrected chi connectivity index (χ0v) is 17.1. The molecule has 0 saturated carbocycles. The van der Waals surface area contributed by atoms with Crippen LogP contribution in [0.2, 0.25) is 25.7 Å². The summed E-state index contributed by atoms with van der Waals surface area (Å²) in [6.07, 6.45) is 0. The summed E-state index contributed by atoms with van der Waals surface area (Å²) >= 11 is 0. The number of nitrogens with zero attached hydrogens (tertiary/aromatic N) is 1. The van der Waals surface area contributed by atoms with Crippen LogP contribution in [0.15, 0.2) is 48.5 Å². The minimum absolute atomic E-state index is 0.612. The first-order valence-electron chi connectivity index (χ1n) is 9.09. The lowest BCUT2D eigenvalue weighted by atomic mass is 10.00. The molecule has 3 rings (SSSR count). The van der Waals surface area contributed by atoms with Gasteiger partial charge in [0.2, 0.25) is 0 Å². The molecule has 0 unspecified atom stereocenters. The van der Waals surface area contributed by atoms with Crippen LogP contribution in [0, 0.1) is 13.8 Å². The van der Waals surface area contributed by atoms with E-state index < -0.39 is 8.07 Å². The molecular formula is C22H29NOSi. The molecule has 0 fully saturated rings. The number of fused-ring (bicyclic) bond motifs is 1. The Labute approximate surface area is 152 Å². The predicted molar refractivity (Wildman–Crippen MR) is 111 cm³/mol. The molecule has 0 aliphatic rings. The molecular weight excluding hydrogens is 322 g/mol. The van der Waals surface area contributed by atoms with Crippen LogP contribution in [0.5, 0.6) is 0 Å². The zero-order valence-electron chi connectivity index (χ0n) is 16.1. The van der Waals surface area contributed by atoms with Gasteiger partial charge in [-0.3, -0.25) is 0 Å². The standard InChI is InChI=1S/C22H29NOSi/c1-17-9-8-10-18(2)22(17)21-15-19-11-6-7-12-20(19)23(21)16-24-13-14-25(3,4)5/h6-12,15H,13-14,16H2,1-5H3. The monoisotopic (exact) mass is 351 g/mol. The van der Waals surface area contributed by atoms with Crippen molar-refractivity contribution in [2.75, 3.05) is 6.61 Å². The highest BCUT2D eigenvalue weighted by atomic mass is 28.3. The van der Waals surface area contributed by atoms with E-state index in [1.807, 2.05) is 0 Å². The van der Waals surface area contributed by atoms with Gasteiger partial charge in [0.15, 0.2) is 0 Å². The SMILES string of the molecule is Cc1cccc(C)c1-c1cc2ccccc2n1COCC[Si](C)(C)C. The third kappa shape index (κ3) is 4.05. The second kappa shape index (κ2) is 7.18. The van der Waals surface area contributed by atoms with Crippen molar-refractivity contribution < 1.29 is 4.74 Å². The van der Waals surface area contributed by atoms with Crippen LogP contribution in [-0.4, -0.2) is 19.2 Å². The van der Waals surface area contributed by atoms with Crippen LogP contribution >= 0.6 is 0 Å². The number of ether oxygens (including phenoxy) is 1. The van der Waals surface area contributed by atoms with Gasteiger partial charge in [-0.25, -0.2) is 0 Å². The quantitative estimate of drug-likeness (QED) is 0.379. The van der Waals surface area contributed by atoms with Crippen molar-refractivity contribution in [3.63, 3.8) is 0 Å². The molecule has 0 aliphatic heterocycles. The van der Waals surface area contributed by atoms with E-state index in [1.165, 1.54) is 39.3 Å². The maximum atomic E-state index is 6.10. The number of para-hydroxylation sites is 1. The number of aryl methyl sites for hydroxylation is 2. The number of aromatic nitrogens is 1. The minimum Gasteiger partial charge on any atom is -0.361 e. The molecule has 0 radical (unpaired) electrons. The highest BCUT2D eigenvalue weighted by molar-refractivity contribution is 6.76. The first kappa shape index (κ1) is 18.0. The summed E-state index contributed by atoms with van der Waals surface area (Å²) in [4.78, 5) is 0. The van der Waals surface area contributed by atoms with Crippen LogP contribution in [0.25, 0.3) is 22.2 Å². The Morgan fingerprint density at radius 1 is 0.920 bits per heavy atom. The molecule has 3 heteroatoms. The van der Waals surface area contributed by atoms with Gasteiger partial charge in [0.05, 0.1) is 11.2 Å². The van der Waals surface area contributed by atoms with Gasteiger partial charge < -0.3 is 9.30 Å². The molecule has 1 aromatic heterocycles. The third-order valence-electron chi connectivity index (χ3n) is 4.76. The second-order valence-corrected chi connectivity index (χ2v) is 13.8. The number of rotatable bonds is 6. The molecule has 1 heterocycles. The van der Waals surface area contributed by atoms with Gasteiger partial charge in [-0.05, 0) is 43.2 Å². The van der Waals surface area contributed by atoms with Crippen LogP contribution in [-0.2, 0) is 11.5 Å². The van der Waals surface area contributed by atoms with Gasteiger partial charge in [-0.15, -0.1) is 0 Å². The lowest BCUT2D eigenvalue weighted by molar-refractivity contribution is 0.0912.